The van der Waals surface area contributed by atoms with Crippen molar-refractivity contribution in [3.8, 4) is 0 Å². The van der Waals surface area contributed by atoms with E-state index in [9.17, 15) is 9.50 Å². The topological polar surface area (TPSA) is 20.2 Å². The van der Waals surface area contributed by atoms with Gasteiger partial charge in [0.1, 0.15) is 5.82 Å². The van der Waals surface area contributed by atoms with E-state index in [0.29, 0.717) is 22.6 Å². The van der Waals surface area contributed by atoms with Gasteiger partial charge in [0.05, 0.1) is 5.60 Å². The SMILES string of the molecule is Cc1ccc(C(C)(O)Cc2ccc(Br)cc2Cl)cc1F. The molecule has 0 bridgehead atoms. The van der Waals surface area contributed by atoms with Gasteiger partial charge >= 0.3 is 0 Å². The van der Waals surface area contributed by atoms with Crippen molar-refractivity contribution in [2.24, 2.45) is 0 Å². The van der Waals surface area contributed by atoms with Crippen molar-refractivity contribution in [3.05, 3.63) is 68.4 Å². The van der Waals surface area contributed by atoms with Gasteiger partial charge in [0.25, 0.3) is 0 Å². The summed E-state index contributed by atoms with van der Waals surface area (Å²) in [5.74, 6) is -0.315. The van der Waals surface area contributed by atoms with E-state index in [-0.39, 0.29) is 5.82 Å². The lowest BCUT2D eigenvalue weighted by Crippen LogP contribution is -2.24. The third-order valence-corrected chi connectivity index (χ3v) is 4.19. The van der Waals surface area contributed by atoms with Crippen LogP contribution in [0.2, 0.25) is 5.02 Å². The lowest BCUT2D eigenvalue weighted by molar-refractivity contribution is 0.0573. The summed E-state index contributed by atoms with van der Waals surface area (Å²) in [5.41, 5.74) is 0.748. The van der Waals surface area contributed by atoms with Crippen LogP contribution in [0, 0.1) is 12.7 Å². The van der Waals surface area contributed by atoms with Gasteiger partial charge in [-0.2, -0.15) is 0 Å². The van der Waals surface area contributed by atoms with Crippen molar-refractivity contribution < 1.29 is 9.50 Å². The van der Waals surface area contributed by atoms with Gasteiger partial charge < -0.3 is 5.11 Å². The van der Waals surface area contributed by atoms with Crippen LogP contribution < -0.4 is 0 Å². The Morgan fingerprint density at radius 1 is 1.25 bits per heavy atom. The Balaban J connectivity index is 2.32. The van der Waals surface area contributed by atoms with E-state index in [2.05, 4.69) is 15.9 Å². The van der Waals surface area contributed by atoms with Crippen LogP contribution in [0.25, 0.3) is 0 Å². The smallest absolute Gasteiger partial charge is 0.126 e. The third-order valence-electron chi connectivity index (χ3n) is 3.34. The number of aliphatic hydroxyl groups is 1. The van der Waals surface area contributed by atoms with Crippen molar-refractivity contribution in [3.63, 3.8) is 0 Å². The van der Waals surface area contributed by atoms with Crippen LogP contribution >= 0.6 is 27.5 Å². The molecule has 2 aromatic carbocycles. The van der Waals surface area contributed by atoms with Crippen LogP contribution in [-0.4, -0.2) is 5.11 Å². The quantitative estimate of drug-likeness (QED) is 0.819. The number of halogens is 3. The van der Waals surface area contributed by atoms with E-state index in [0.717, 1.165) is 10.0 Å². The minimum Gasteiger partial charge on any atom is -0.385 e. The summed E-state index contributed by atoms with van der Waals surface area (Å²) in [6.45, 7) is 3.36. The first kappa shape index (κ1) is 15.5. The largest absolute Gasteiger partial charge is 0.385 e. The van der Waals surface area contributed by atoms with Gasteiger partial charge in [-0.3, -0.25) is 0 Å². The summed E-state index contributed by atoms with van der Waals surface area (Å²) in [6, 6.07) is 10.3. The molecule has 2 rings (SSSR count). The van der Waals surface area contributed by atoms with E-state index >= 15 is 0 Å². The van der Waals surface area contributed by atoms with Gasteiger partial charge in [-0.15, -0.1) is 0 Å². The van der Waals surface area contributed by atoms with E-state index in [1.165, 1.54) is 6.07 Å². The van der Waals surface area contributed by atoms with Crippen LogP contribution in [0.5, 0.6) is 0 Å². The van der Waals surface area contributed by atoms with Crippen LogP contribution in [0.3, 0.4) is 0 Å². The highest BCUT2D eigenvalue weighted by atomic mass is 79.9. The van der Waals surface area contributed by atoms with Gasteiger partial charge in [-0.05, 0) is 48.7 Å². The first-order valence-electron chi connectivity index (χ1n) is 6.22. The molecule has 1 N–H and O–H groups in total. The maximum Gasteiger partial charge on any atom is 0.126 e. The summed E-state index contributed by atoms with van der Waals surface area (Å²) < 4.78 is 14.5. The fourth-order valence-electron chi connectivity index (χ4n) is 2.07. The van der Waals surface area contributed by atoms with Crippen molar-refractivity contribution in [1.82, 2.24) is 0 Å². The zero-order valence-corrected chi connectivity index (χ0v) is 13.6. The Bertz CT molecular complexity index is 640. The summed E-state index contributed by atoms with van der Waals surface area (Å²) in [7, 11) is 0. The number of hydrogen-bond acceptors (Lipinski definition) is 1. The molecule has 0 amide bonds. The van der Waals surface area contributed by atoms with Gasteiger partial charge in [-0.1, -0.05) is 45.7 Å². The Morgan fingerprint density at radius 2 is 1.95 bits per heavy atom. The molecule has 2 aromatic rings. The van der Waals surface area contributed by atoms with Crippen LogP contribution in [0.15, 0.2) is 40.9 Å². The summed E-state index contributed by atoms with van der Waals surface area (Å²) in [5, 5.41) is 11.2. The second-order valence-corrected chi connectivity index (χ2v) is 6.47. The predicted octanol–water partition coefficient (Wildman–Crippen LogP) is 5.00. The molecule has 0 aromatic heterocycles. The van der Waals surface area contributed by atoms with Gasteiger partial charge in [0.15, 0.2) is 0 Å². The molecule has 0 saturated carbocycles. The molecular formula is C16H15BrClFO. The Morgan fingerprint density at radius 3 is 2.55 bits per heavy atom. The highest BCUT2D eigenvalue weighted by Crippen LogP contribution is 2.30. The molecule has 1 nitrogen and oxygen atoms in total. The molecule has 0 fully saturated rings. The summed E-state index contributed by atoms with van der Waals surface area (Å²) >= 11 is 9.51. The van der Waals surface area contributed by atoms with Gasteiger partial charge in [0, 0.05) is 15.9 Å². The van der Waals surface area contributed by atoms with Crippen molar-refractivity contribution >= 4 is 27.5 Å². The number of rotatable bonds is 3. The first-order valence-corrected chi connectivity index (χ1v) is 7.39. The average molecular weight is 358 g/mol. The molecular weight excluding hydrogens is 343 g/mol. The van der Waals surface area contributed by atoms with Crippen LogP contribution in [-0.2, 0) is 12.0 Å². The Kier molecular flexibility index (Phi) is 4.52. The van der Waals surface area contributed by atoms with Crippen molar-refractivity contribution in [1.29, 1.82) is 0 Å². The standard InChI is InChI=1S/C16H15BrClFO/c1-10-3-5-12(7-15(10)19)16(2,20)9-11-4-6-13(17)8-14(11)18/h3-8,20H,9H2,1-2H3. The zero-order valence-electron chi connectivity index (χ0n) is 11.3. The number of benzene rings is 2. The second kappa shape index (κ2) is 5.84. The molecule has 0 spiro atoms. The van der Waals surface area contributed by atoms with Crippen molar-refractivity contribution in [2.45, 2.75) is 25.9 Å². The zero-order chi connectivity index (χ0) is 14.9. The molecule has 0 saturated heterocycles. The maximum absolute atomic E-state index is 13.6. The summed E-state index contributed by atoms with van der Waals surface area (Å²) in [4.78, 5) is 0. The van der Waals surface area contributed by atoms with E-state index in [1.54, 1.807) is 32.0 Å². The van der Waals surface area contributed by atoms with Crippen LogP contribution in [0.4, 0.5) is 4.39 Å². The van der Waals surface area contributed by atoms with E-state index in [1.807, 2.05) is 12.1 Å². The molecule has 1 unspecified atom stereocenters. The van der Waals surface area contributed by atoms with E-state index in [4.69, 9.17) is 11.6 Å². The second-order valence-electron chi connectivity index (χ2n) is 5.15. The molecule has 20 heavy (non-hydrogen) atoms. The molecule has 4 heteroatoms. The lowest BCUT2D eigenvalue weighted by atomic mass is 9.88. The Hall–Kier alpha value is -0.900. The van der Waals surface area contributed by atoms with E-state index < -0.39 is 5.60 Å². The monoisotopic (exact) mass is 356 g/mol. The highest BCUT2D eigenvalue weighted by Gasteiger charge is 2.25. The van der Waals surface area contributed by atoms with Gasteiger partial charge in [0.2, 0.25) is 0 Å². The molecule has 0 radical (unpaired) electrons. The molecule has 0 aliphatic carbocycles. The van der Waals surface area contributed by atoms with Crippen LogP contribution in [0.1, 0.15) is 23.6 Å². The number of aryl methyl sites for hydroxylation is 1. The molecule has 0 heterocycles. The molecule has 0 aliphatic rings. The minimum absolute atomic E-state index is 0.315. The highest BCUT2D eigenvalue weighted by molar-refractivity contribution is 9.10. The number of hydrogen-bond donors (Lipinski definition) is 1. The molecule has 1 atom stereocenters. The third kappa shape index (κ3) is 3.40. The first-order chi connectivity index (χ1) is 9.29. The van der Waals surface area contributed by atoms with Gasteiger partial charge in [-0.25, -0.2) is 4.39 Å². The predicted molar refractivity (Wildman–Crippen MR) is 83.6 cm³/mol. The lowest BCUT2D eigenvalue weighted by Gasteiger charge is -2.25. The fourth-order valence-corrected chi connectivity index (χ4v) is 2.81. The summed E-state index contributed by atoms with van der Waals surface area (Å²) in [6.07, 6.45) is 0.321. The normalized spacial score (nSPS) is 14.1. The molecule has 106 valence electrons. The molecule has 0 aliphatic heterocycles. The van der Waals surface area contributed by atoms with Crippen molar-refractivity contribution in [2.75, 3.05) is 0 Å². The fraction of sp³-hybridized carbons (Fsp3) is 0.250. The Labute approximate surface area is 131 Å². The maximum atomic E-state index is 13.6. The minimum atomic E-state index is -1.17. The average Bonchev–Trinajstić information content (AvgIpc) is 2.36.